The van der Waals surface area contributed by atoms with Crippen LogP contribution in [0.2, 0.25) is 0 Å². The molecule has 0 bridgehead atoms. The fourth-order valence-corrected chi connectivity index (χ4v) is 4.03. The minimum atomic E-state index is -1.08. The van der Waals surface area contributed by atoms with Crippen LogP contribution in [0.4, 0.5) is 5.69 Å². The molecular weight excluding hydrogens is 336 g/mol. The van der Waals surface area contributed by atoms with E-state index in [1.807, 2.05) is 36.4 Å². The van der Waals surface area contributed by atoms with E-state index in [1.54, 1.807) is 24.5 Å². The van der Waals surface area contributed by atoms with Crippen molar-refractivity contribution >= 4 is 11.7 Å². The van der Waals surface area contributed by atoms with Gasteiger partial charge in [0.1, 0.15) is 0 Å². The van der Waals surface area contributed by atoms with E-state index in [4.69, 9.17) is 0 Å². The molecule has 0 saturated heterocycles. The van der Waals surface area contributed by atoms with Gasteiger partial charge >= 0.3 is 0 Å². The van der Waals surface area contributed by atoms with Crippen LogP contribution in [0.5, 0.6) is 0 Å². The highest BCUT2D eigenvalue weighted by molar-refractivity contribution is 5.76. The predicted octanol–water partition coefficient (Wildman–Crippen LogP) is 3.54. The summed E-state index contributed by atoms with van der Waals surface area (Å²) in [6, 6.07) is 9.96. The maximum Gasteiger partial charge on any atom is 0.0742 e. The van der Waals surface area contributed by atoms with Crippen LogP contribution in [0.25, 0.3) is 0 Å². The van der Waals surface area contributed by atoms with Crippen molar-refractivity contribution in [3.63, 3.8) is 0 Å². The minimum absolute atomic E-state index is 0.0653. The highest BCUT2D eigenvalue weighted by Gasteiger charge is 2.44. The monoisotopic (exact) mass is 361 g/mol. The highest BCUT2D eigenvalue weighted by Crippen LogP contribution is 2.43. The highest BCUT2D eigenvalue weighted by atomic mass is 16.4. The Labute approximate surface area is 160 Å². The van der Waals surface area contributed by atoms with Crippen LogP contribution in [-0.4, -0.2) is 16.5 Å². The Bertz CT molecular complexity index is 873. The lowest BCUT2D eigenvalue weighted by Crippen LogP contribution is -2.55. The number of benzene rings is 1. The maximum absolute atomic E-state index is 12.1. The fraction of sp³-hybridized carbons (Fsp3) is 0.304. The van der Waals surface area contributed by atoms with Crippen LogP contribution in [0.1, 0.15) is 36.0 Å². The number of allylic oxidation sites excluding steroid dienone is 2. The van der Waals surface area contributed by atoms with Crippen LogP contribution in [0.15, 0.2) is 67.0 Å². The zero-order valence-electron chi connectivity index (χ0n) is 16.0. The molecular formula is C23H25N2O2-. The van der Waals surface area contributed by atoms with E-state index in [-0.39, 0.29) is 5.92 Å². The topological polar surface area (TPSA) is 65.0 Å². The molecule has 1 aromatic heterocycles. The van der Waals surface area contributed by atoms with Crippen LogP contribution >= 0.6 is 0 Å². The Morgan fingerprint density at radius 1 is 1.22 bits per heavy atom. The number of aliphatic carboxylic acids is 1. The number of aryl methyl sites for hydroxylation is 1. The maximum atomic E-state index is 12.1. The smallest absolute Gasteiger partial charge is 0.0742 e. The molecule has 3 atom stereocenters. The largest absolute Gasteiger partial charge is 0.549 e. The van der Waals surface area contributed by atoms with Crippen molar-refractivity contribution in [2.75, 3.05) is 5.32 Å². The van der Waals surface area contributed by atoms with E-state index in [2.05, 4.69) is 37.1 Å². The fourth-order valence-electron chi connectivity index (χ4n) is 4.03. The van der Waals surface area contributed by atoms with Gasteiger partial charge < -0.3 is 15.2 Å². The first-order valence-corrected chi connectivity index (χ1v) is 9.30. The first kappa shape index (κ1) is 18.9. The van der Waals surface area contributed by atoms with Gasteiger partial charge in [0.05, 0.1) is 11.5 Å². The van der Waals surface area contributed by atoms with Gasteiger partial charge in [-0.3, -0.25) is 4.98 Å². The molecule has 1 aliphatic rings. The number of aromatic nitrogens is 1. The van der Waals surface area contributed by atoms with Gasteiger partial charge in [-0.1, -0.05) is 43.4 Å². The van der Waals surface area contributed by atoms with Crippen LogP contribution in [0.3, 0.4) is 0 Å². The number of carbonyl (C=O) groups is 1. The van der Waals surface area contributed by atoms with Gasteiger partial charge in [-0.15, -0.1) is 0 Å². The van der Waals surface area contributed by atoms with Gasteiger partial charge in [-0.2, -0.15) is 0 Å². The third-order valence-electron chi connectivity index (χ3n) is 5.60. The number of pyridine rings is 1. The molecule has 0 amide bonds. The lowest BCUT2D eigenvalue weighted by Gasteiger charge is -2.46. The summed E-state index contributed by atoms with van der Waals surface area (Å²) in [5, 5.41) is 15.7. The molecule has 1 aromatic carbocycles. The van der Waals surface area contributed by atoms with Crippen LogP contribution in [0, 0.1) is 19.8 Å². The summed E-state index contributed by atoms with van der Waals surface area (Å²) in [4.78, 5) is 16.2. The molecule has 1 heterocycles. The van der Waals surface area contributed by atoms with Gasteiger partial charge in [0.25, 0.3) is 0 Å². The third-order valence-corrected chi connectivity index (χ3v) is 5.60. The molecule has 1 aliphatic carbocycles. The van der Waals surface area contributed by atoms with Gasteiger partial charge in [0.2, 0.25) is 0 Å². The Hall–Kier alpha value is -2.88. The quantitative estimate of drug-likeness (QED) is 0.855. The standard InChI is InChI=1S/C23H26N2O2/c1-4-19(18-11-14-24-15-12-18)23(13-6-5-9-20(23)22(26)27)25-21-10-7-8-16(2)17(21)3/h5-15,19-20,25H,4H2,1-3H3,(H,26,27)/p-1. The number of hydrogen-bond donors (Lipinski definition) is 1. The molecule has 27 heavy (non-hydrogen) atoms. The Kier molecular flexibility index (Phi) is 5.45. The van der Waals surface area contributed by atoms with Gasteiger partial charge in [-0.05, 0) is 55.2 Å². The number of anilines is 1. The number of nitrogens with zero attached hydrogens (tertiary/aromatic N) is 1. The van der Waals surface area contributed by atoms with Crippen molar-refractivity contribution in [1.82, 2.24) is 4.98 Å². The summed E-state index contributed by atoms with van der Waals surface area (Å²) in [5.74, 6) is -1.94. The van der Waals surface area contributed by atoms with Crippen molar-refractivity contribution in [3.8, 4) is 0 Å². The summed E-state index contributed by atoms with van der Waals surface area (Å²) in [6.45, 7) is 6.19. The average molecular weight is 361 g/mol. The molecule has 0 saturated carbocycles. The zero-order valence-corrected chi connectivity index (χ0v) is 16.0. The Morgan fingerprint density at radius 2 is 1.96 bits per heavy atom. The summed E-state index contributed by atoms with van der Waals surface area (Å²) >= 11 is 0. The second-order valence-corrected chi connectivity index (χ2v) is 7.09. The van der Waals surface area contributed by atoms with Crippen molar-refractivity contribution < 1.29 is 9.90 Å². The molecule has 1 N–H and O–H groups in total. The molecule has 0 aliphatic heterocycles. The molecule has 4 heteroatoms. The van der Waals surface area contributed by atoms with Crippen molar-refractivity contribution in [3.05, 3.63) is 83.7 Å². The molecule has 0 radical (unpaired) electrons. The van der Waals surface area contributed by atoms with Gasteiger partial charge in [0, 0.05) is 29.9 Å². The summed E-state index contributed by atoms with van der Waals surface area (Å²) < 4.78 is 0. The number of carbonyl (C=O) groups excluding carboxylic acids is 1. The second-order valence-electron chi connectivity index (χ2n) is 7.09. The third kappa shape index (κ3) is 3.52. The predicted molar refractivity (Wildman–Crippen MR) is 106 cm³/mol. The van der Waals surface area contributed by atoms with E-state index in [9.17, 15) is 9.90 Å². The molecule has 2 aromatic rings. The summed E-state index contributed by atoms with van der Waals surface area (Å²) in [6.07, 6.45) is 11.7. The number of hydrogen-bond acceptors (Lipinski definition) is 4. The molecule has 0 spiro atoms. The molecule has 0 fully saturated rings. The van der Waals surface area contributed by atoms with Crippen molar-refractivity contribution in [2.45, 2.75) is 38.6 Å². The second kappa shape index (κ2) is 7.78. The lowest BCUT2D eigenvalue weighted by atomic mass is 9.67. The zero-order chi connectivity index (χ0) is 19.4. The first-order valence-electron chi connectivity index (χ1n) is 9.30. The SMILES string of the molecule is CCC(c1ccncc1)C1(Nc2cccc(C)c2C)C=CC=CC1C(=O)[O-]. The molecule has 4 nitrogen and oxygen atoms in total. The molecule has 3 rings (SSSR count). The molecule has 3 unspecified atom stereocenters. The minimum Gasteiger partial charge on any atom is -0.549 e. The van der Waals surface area contributed by atoms with Gasteiger partial charge in [-0.25, -0.2) is 0 Å². The number of carboxylic acid groups (broad SMARTS) is 1. The van der Waals surface area contributed by atoms with E-state index in [0.717, 1.165) is 28.8 Å². The Balaban J connectivity index is 2.17. The summed E-state index contributed by atoms with van der Waals surface area (Å²) in [7, 11) is 0. The van der Waals surface area contributed by atoms with E-state index >= 15 is 0 Å². The van der Waals surface area contributed by atoms with Crippen molar-refractivity contribution in [2.24, 2.45) is 5.92 Å². The van der Waals surface area contributed by atoms with Crippen LogP contribution in [-0.2, 0) is 4.79 Å². The normalized spacial score (nSPS) is 22.4. The molecule has 140 valence electrons. The van der Waals surface area contributed by atoms with Crippen molar-refractivity contribution in [1.29, 1.82) is 0 Å². The average Bonchev–Trinajstić information content (AvgIpc) is 2.67. The van der Waals surface area contributed by atoms with E-state index < -0.39 is 17.4 Å². The van der Waals surface area contributed by atoms with Gasteiger partial charge in [0.15, 0.2) is 0 Å². The summed E-state index contributed by atoms with van der Waals surface area (Å²) in [5.41, 5.74) is 3.43. The first-order chi connectivity index (χ1) is 13.0. The lowest BCUT2D eigenvalue weighted by molar-refractivity contribution is -0.311. The van der Waals surface area contributed by atoms with E-state index in [1.165, 1.54) is 0 Å². The number of rotatable bonds is 6. The number of nitrogens with one attached hydrogen (secondary N) is 1. The van der Waals surface area contributed by atoms with Crippen LogP contribution < -0.4 is 10.4 Å². The van der Waals surface area contributed by atoms with E-state index in [0.29, 0.717) is 0 Å². The Morgan fingerprint density at radius 3 is 2.63 bits per heavy atom. The number of carboxylic acids is 1.